The van der Waals surface area contributed by atoms with Gasteiger partial charge in [0.05, 0.1) is 13.0 Å². The van der Waals surface area contributed by atoms with Gasteiger partial charge in [-0.15, -0.1) is 0 Å². The Hall–Kier alpha value is -2.04. The van der Waals surface area contributed by atoms with Crippen molar-refractivity contribution < 1.29 is 14.3 Å². The summed E-state index contributed by atoms with van der Waals surface area (Å²) in [5.74, 6) is -0.723. The molecule has 19 heavy (non-hydrogen) atoms. The molecule has 0 spiro atoms. The fraction of sp³-hybridized carbons (Fsp3) is 0.429. The fourth-order valence-electron chi connectivity index (χ4n) is 2.19. The van der Waals surface area contributed by atoms with Gasteiger partial charge in [-0.25, -0.2) is 4.79 Å². The molecule has 1 amide bonds. The number of methoxy groups -OCH3 is 1. The Morgan fingerprint density at radius 1 is 1.42 bits per heavy atom. The molecule has 2 N–H and O–H groups in total. The van der Waals surface area contributed by atoms with Crippen molar-refractivity contribution in [2.75, 3.05) is 19.0 Å². The van der Waals surface area contributed by atoms with Crippen LogP contribution in [0.5, 0.6) is 0 Å². The van der Waals surface area contributed by atoms with Gasteiger partial charge < -0.3 is 15.4 Å². The highest BCUT2D eigenvalue weighted by atomic mass is 16.5. The van der Waals surface area contributed by atoms with Crippen molar-refractivity contribution in [3.8, 4) is 0 Å². The summed E-state index contributed by atoms with van der Waals surface area (Å²) in [5, 5.41) is 5.91. The molecule has 0 aromatic heterocycles. The summed E-state index contributed by atoms with van der Waals surface area (Å²) >= 11 is 0. The zero-order chi connectivity index (χ0) is 13.8. The van der Waals surface area contributed by atoms with Gasteiger partial charge in [0.1, 0.15) is 6.04 Å². The van der Waals surface area contributed by atoms with Crippen molar-refractivity contribution in [3.05, 3.63) is 29.8 Å². The molecule has 5 nitrogen and oxygen atoms in total. The van der Waals surface area contributed by atoms with E-state index in [0.717, 1.165) is 11.3 Å². The van der Waals surface area contributed by atoms with E-state index in [0.29, 0.717) is 13.0 Å². The number of fused-ring (bicyclic) bond motifs is 1. The number of amides is 1. The van der Waals surface area contributed by atoms with Gasteiger partial charge in [-0.2, -0.15) is 0 Å². The molecular weight excluding hydrogens is 244 g/mol. The molecule has 1 aromatic carbocycles. The molecule has 0 aliphatic carbocycles. The Morgan fingerprint density at radius 3 is 2.89 bits per heavy atom. The van der Waals surface area contributed by atoms with Crippen molar-refractivity contribution in [2.24, 2.45) is 5.92 Å². The van der Waals surface area contributed by atoms with Crippen molar-refractivity contribution >= 4 is 17.6 Å². The summed E-state index contributed by atoms with van der Waals surface area (Å²) in [6, 6.07) is 7.31. The van der Waals surface area contributed by atoms with Crippen LogP contribution in [0.1, 0.15) is 12.5 Å². The quantitative estimate of drug-likeness (QED) is 0.796. The van der Waals surface area contributed by atoms with E-state index in [-0.39, 0.29) is 11.8 Å². The lowest BCUT2D eigenvalue weighted by atomic mass is 9.93. The Bertz CT molecular complexity index is 487. The van der Waals surface area contributed by atoms with Gasteiger partial charge in [0.2, 0.25) is 5.91 Å². The summed E-state index contributed by atoms with van der Waals surface area (Å²) in [7, 11) is 1.31. The average molecular weight is 262 g/mol. The van der Waals surface area contributed by atoms with E-state index < -0.39 is 12.0 Å². The molecule has 2 atom stereocenters. The summed E-state index contributed by atoms with van der Waals surface area (Å²) in [6.07, 6.45) is 0.683. The molecule has 0 fully saturated rings. The van der Waals surface area contributed by atoms with Gasteiger partial charge in [-0.05, 0) is 25.0 Å². The van der Waals surface area contributed by atoms with E-state index in [9.17, 15) is 9.59 Å². The zero-order valence-corrected chi connectivity index (χ0v) is 11.1. The third kappa shape index (κ3) is 3.05. The molecule has 2 unspecified atom stereocenters. The molecular formula is C14H18N2O3. The first-order valence-corrected chi connectivity index (χ1v) is 6.31. The molecule has 2 rings (SSSR count). The van der Waals surface area contributed by atoms with Gasteiger partial charge in [0.15, 0.2) is 0 Å². The number of anilines is 1. The molecule has 0 radical (unpaired) electrons. The van der Waals surface area contributed by atoms with Crippen LogP contribution in [0.4, 0.5) is 5.69 Å². The van der Waals surface area contributed by atoms with Crippen LogP contribution in [0.25, 0.3) is 0 Å². The minimum Gasteiger partial charge on any atom is -0.467 e. The molecule has 102 valence electrons. The van der Waals surface area contributed by atoms with Crippen LogP contribution < -0.4 is 10.6 Å². The van der Waals surface area contributed by atoms with E-state index in [1.54, 1.807) is 6.92 Å². The lowest BCUT2D eigenvalue weighted by Gasteiger charge is -2.26. The monoisotopic (exact) mass is 262 g/mol. The molecule has 5 heteroatoms. The Kier molecular flexibility index (Phi) is 4.04. The maximum atomic E-state index is 12.1. The van der Waals surface area contributed by atoms with Gasteiger partial charge in [-0.3, -0.25) is 4.79 Å². The lowest BCUT2D eigenvalue weighted by molar-refractivity contribution is -0.145. The molecule has 0 saturated heterocycles. The second kappa shape index (κ2) is 5.73. The molecule has 1 aromatic rings. The third-order valence-electron chi connectivity index (χ3n) is 3.31. The fourth-order valence-corrected chi connectivity index (χ4v) is 2.19. The van der Waals surface area contributed by atoms with Crippen LogP contribution in [-0.4, -0.2) is 31.6 Å². The SMILES string of the molecule is COC(=O)C(C)NC(=O)C1CNc2ccccc2C1. The summed E-state index contributed by atoms with van der Waals surface area (Å²) in [5.41, 5.74) is 2.20. The molecule has 0 saturated carbocycles. The van der Waals surface area contributed by atoms with Crippen LogP contribution in [0.15, 0.2) is 24.3 Å². The van der Waals surface area contributed by atoms with Crippen LogP contribution in [-0.2, 0) is 20.7 Å². The largest absolute Gasteiger partial charge is 0.467 e. The van der Waals surface area contributed by atoms with E-state index in [1.807, 2.05) is 24.3 Å². The Balaban J connectivity index is 1.97. The second-order valence-electron chi connectivity index (χ2n) is 4.69. The van der Waals surface area contributed by atoms with Gasteiger partial charge >= 0.3 is 5.97 Å². The van der Waals surface area contributed by atoms with Crippen molar-refractivity contribution in [3.63, 3.8) is 0 Å². The Morgan fingerprint density at radius 2 is 2.16 bits per heavy atom. The van der Waals surface area contributed by atoms with Crippen LogP contribution in [0, 0.1) is 5.92 Å². The van der Waals surface area contributed by atoms with Crippen LogP contribution in [0.3, 0.4) is 0 Å². The highest BCUT2D eigenvalue weighted by Gasteiger charge is 2.26. The predicted molar refractivity (Wildman–Crippen MR) is 71.7 cm³/mol. The second-order valence-corrected chi connectivity index (χ2v) is 4.69. The van der Waals surface area contributed by atoms with E-state index in [2.05, 4.69) is 15.4 Å². The number of carbonyl (C=O) groups excluding carboxylic acids is 2. The highest BCUT2D eigenvalue weighted by molar-refractivity contribution is 5.86. The number of ether oxygens (including phenoxy) is 1. The number of esters is 1. The number of hydrogen-bond acceptors (Lipinski definition) is 4. The van der Waals surface area contributed by atoms with E-state index in [1.165, 1.54) is 7.11 Å². The molecule has 0 bridgehead atoms. The number of rotatable bonds is 3. The van der Waals surface area contributed by atoms with Crippen molar-refractivity contribution in [1.82, 2.24) is 5.32 Å². The standard InChI is InChI=1S/C14H18N2O3/c1-9(14(18)19-2)16-13(17)11-7-10-5-3-4-6-12(10)15-8-11/h3-6,9,11,15H,7-8H2,1-2H3,(H,16,17). The lowest BCUT2D eigenvalue weighted by Crippen LogP contribution is -2.45. The number of hydrogen-bond donors (Lipinski definition) is 2. The smallest absolute Gasteiger partial charge is 0.328 e. The minimum absolute atomic E-state index is 0.125. The molecule has 1 aliphatic rings. The first kappa shape index (κ1) is 13.4. The first-order valence-electron chi connectivity index (χ1n) is 6.31. The number of benzene rings is 1. The van der Waals surface area contributed by atoms with Crippen molar-refractivity contribution in [2.45, 2.75) is 19.4 Å². The van der Waals surface area contributed by atoms with E-state index in [4.69, 9.17) is 0 Å². The third-order valence-corrected chi connectivity index (χ3v) is 3.31. The summed E-state index contributed by atoms with van der Waals surface area (Å²) in [4.78, 5) is 23.4. The topological polar surface area (TPSA) is 67.4 Å². The molecule has 1 aliphatic heterocycles. The van der Waals surface area contributed by atoms with Gasteiger partial charge in [0, 0.05) is 12.2 Å². The summed E-state index contributed by atoms with van der Waals surface area (Å²) in [6.45, 7) is 2.20. The van der Waals surface area contributed by atoms with E-state index >= 15 is 0 Å². The number of carbonyl (C=O) groups is 2. The number of nitrogens with one attached hydrogen (secondary N) is 2. The van der Waals surface area contributed by atoms with Crippen molar-refractivity contribution in [1.29, 1.82) is 0 Å². The van der Waals surface area contributed by atoms with Gasteiger partial charge in [-0.1, -0.05) is 18.2 Å². The number of para-hydroxylation sites is 1. The minimum atomic E-state index is -0.616. The normalized spacial score (nSPS) is 18.7. The first-order chi connectivity index (χ1) is 9.11. The Labute approximate surface area is 112 Å². The maximum Gasteiger partial charge on any atom is 0.328 e. The average Bonchev–Trinajstić information content (AvgIpc) is 2.45. The highest BCUT2D eigenvalue weighted by Crippen LogP contribution is 2.24. The summed E-state index contributed by atoms with van der Waals surface area (Å²) < 4.78 is 4.59. The van der Waals surface area contributed by atoms with Gasteiger partial charge in [0.25, 0.3) is 0 Å². The zero-order valence-electron chi connectivity index (χ0n) is 11.1. The predicted octanol–water partition coefficient (Wildman–Crippen LogP) is 0.948. The van der Waals surface area contributed by atoms with Crippen LogP contribution >= 0.6 is 0 Å². The molecule has 1 heterocycles. The maximum absolute atomic E-state index is 12.1. The van der Waals surface area contributed by atoms with Crippen LogP contribution in [0.2, 0.25) is 0 Å².